The number of nitrogens with zero attached hydrogens (tertiary/aromatic N) is 2. The third-order valence-corrected chi connectivity index (χ3v) is 6.45. The van der Waals surface area contributed by atoms with Gasteiger partial charge >= 0.3 is 0 Å². The number of amides is 2. The lowest BCUT2D eigenvalue weighted by Crippen LogP contribution is -2.45. The molecule has 2 heterocycles. The van der Waals surface area contributed by atoms with Crippen LogP contribution in [0.25, 0.3) is 10.9 Å². The predicted molar refractivity (Wildman–Crippen MR) is 124 cm³/mol. The van der Waals surface area contributed by atoms with Gasteiger partial charge in [0.05, 0.1) is 23.8 Å². The molecule has 0 radical (unpaired) electrons. The zero-order chi connectivity index (χ0) is 24.0. The summed E-state index contributed by atoms with van der Waals surface area (Å²) in [5.41, 5.74) is 1.28. The minimum Gasteiger partial charge on any atom is -0.295 e. The van der Waals surface area contributed by atoms with E-state index in [0.29, 0.717) is 23.1 Å². The van der Waals surface area contributed by atoms with E-state index in [9.17, 15) is 22.8 Å². The quantitative estimate of drug-likeness (QED) is 0.300. The van der Waals surface area contributed by atoms with Gasteiger partial charge in [-0.3, -0.25) is 28.5 Å². The molecule has 3 rings (SSSR count). The Kier molecular flexibility index (Phi) is 8.36. The van der Waals surface area contributed by atoms with Crippen molar-refractivity contribution in [3.8, 4) is 0 Å². The molecule has 2 aromatic rings. The summed E-state index contributed by atoms with van der Waals surface area (Å²) in [6, 6.07) is 4.90. The summed E-state index contributed by atoms with van der Waals surface area (Å²) in [4.78, 5) is 41.8. The number of carbonyl (C=O) groups excluding carboxylic acids is 2. The molecule has 1 aliphatic heterocycles. The summed E-state index contributed by atoms with van der Waals surface area (Å²) in [5, 5.41) is 2.85. The van der Waals surface area contributed by atoms with Gasteiger partial charge in [0.2, 0.25) is 11.8 Å². The van der Waals surface area contributed by atoms with Crippen molar-refractivity contribution in [2.45, 2.75) is 70.8 Å². The molecule has 0 saturated carbocycles. The first kappa shape index (κ1) is 25.0. The van der Waals surface area contributed by atoms with Crippen LogP contribution in [0.3, 0.4) is 0 Å². The molecule has 0 spiro atoms. The van der Waals surface area contributed by atoms with E-state index in [2.05, 4.69) is 10.3 Å². The fourth-order valence-corrected chi connectivity index (χ4v) is 4.68. The van der Waals surface area contributed by atoms with Crippen LogP contribution in [0, 0.1) is 6.92 Å². The number of aromatic nitrogens is 2. The fraction of sp³-hybridized carbons (Fsp3) is 0.565. The average Bonchev–Trinajstić information content (AvgIpc) is 2.73. The molecule has 2 amide bonds. The van der Waals surface area contributed by atoms with Gasteiger partial charge in [0.15, 0.2) is 0 Å². The van der Waals surface area contributed by atoms with Crippen LogP contribution in [-0.2, 0) is 30.3 Å². The van der Waals surface area contributed by atoms with Gasteiger partial charge < -0.3 is 0 Å². The molecule has 1 fully saturated rings. The van der Waals surface area contributed by atoms with E-state index in [1.165, 1.54) is 4.57 Å². The van der Waals surface area contributed by atoms with E-state index in [1.54, 1.807) is 13.0 Å². The number of benzene rings is 1. The summed E-state index contributed by atoms with van der Waals surface area (Å²) < 4.78 is 28.0. The van der Waals surface area contributed by atoms with Crippen LogP contribution in [0.4, 0.5) is 0 Å². The van der Waals surface area contributed by atoms with Crippen LogP contribution in [0.1, 0.15) is 68.8 Å². The third-order valence-electron chi connectivity index (χ3n) is 5.85. The van der Waals surface area contributed by atoms with Crippen molar-refractivity contribution in [1.82, 2.24) is 14.9 Å². The van der Waals surface area contributed by atoms with Crippen LogP contribution in [0.5, 0.6) is 0 Å². The molecule has 1 atom stereocenters. The largest absolute Gasteiger partial charge is 0.295 e. The van der Waals surface area contributed by atoms with Crippen molar-refractivity contribution in [2.24, 2.45) is 0 Å². The maximum atomic E-state index is 13.4. The Morgan fingerprint density at radius 3 is 2.48 bits per heavy atom. The highest BCUT2D eigenvalue weighted by atomic mass is 32.2. The van der Waals surface area contributed by atoms with Gasteiger partial charge in [-0.15, -0.1) is 0 Å². The number of hydrogen-bond acceptors (Lipinski definition) is 7. The van der Waals surface area contributed by atoms with Gasteiger partial charge in [-0.05, 0) is 44.2 Å². The highest BCUT2D eigenvalue weighted by Gasteiger charge is 2.30. The first-order valence-corrected chi connectivity index (χ1v) is 13.2. The number of hydrogen-bond donors (Lipinski definition) is 1. The maximum Gasteiger partial charge on any atom is 0.264 e. The van der Waals surface area contributed by atoms with Gasteiger partial charge in [-0.1, -0.05) is 37.8 Å². The van der Waals surface area contributed by atoms with Gasteiger partial charge in [0.1, 0.15) is 11.9 Å². The summed E-state index contributed by atoms with van der Waals surface area (Å²) in [6.07, 6.45) is 7.78. The third kappa shape index (κ3) is 6.70. The van der Waals surface area contributed by atoms with E-state index in [0.717, 1.165) is 50.3 Å². The van der Waals surface area contributed by atoms with Crippen LogP contribution in [-0.4, -0.2) is 42.6 Å². The lowest BCUT2D eigenvalue weighted by molar-refractivity contribution is -0.135. The van der Waals surface area contributed by atoms with Crippen molar-refractivity contribution in [1.29, 1.82) is 0 Å². The molecule has 1 N–H and O–H groups in total. The Bertz CT molecular complexity index is 1190. The lowest BCUT2D eigenvalue weighted by Gasteiger charge is -2.24. The van der Waals surface area contributed by atoms with Crippen LogP contribution < -0.4 is 10.9 Å². The highest BCUT2D eigenvalue weighted by molar-refractivity contribution is 7.85. The average molecular weight is 478 g/mol. The highest BCUT2D eigenvalue weighted by Crippen LogP contribution is 2.22. The zero-order valence-electron chi connectivity index (χ0n) is 19.1. The van der Waals surface area contributed by atoms with E-state index in [4.69, 9.17) is 4.18 Å². The molecule has 10 heteroatoms. The number of aryl methyl sites for hydroxylation is 2. The van der Waals surface area contributed by atoms with E-state index in [1.807, 2.05) is 12.1 Å². The molecular weight excluding hydrogens is 446 g/mol. The van der Waals surface area contributed by atoms with E-state index < -0.39 is 22.1 Å². The topological polar surface area (TPSA) is 124 Å². The van der Waals surface area contributed by atoms with Crippen molar-refractivity contribution in [2.75, 3.05) is 12.9 Å². The second kappa shape index (κ2) is 11.0. The predicted octanol–water partition coefficient (Wildman–Crippen LogP) is 2.54. The molecule has 0 aliphatic carbocycles. The smallest absolute Gasteiger partial charge is 0.264 e. The maximum absolute atomic E-state index is 13.4. The van der Waals surface area contributed by atoms with Gasteiger partial charge in [0, 0.05) is 6.42 Å². The Morgan fingerprint density at radius 1 is 1.09 bits per heavy atom. The van der Waals surface area contributed by atoms with Crippen LogP contribution in [0.2, 0.25) is 0 Å². The summed E-state index contributed by atoms with van der Waals surface area (Å²) in [6.45, 7) is 1.93. The fourth-order valence-electron chi connectivity index (χ4n) is 4.26. The second-order valence-electron chi connectivity index (χ2n) is 8.51. The molecule has 1 aromatic heterocycles. The number of carbonyl (C=O) groups is 2. The van der Waals surface area contributed by atoms with Crippen LogP contribution >= 0.6 is 0 Å². The van der Waals surface area contributed by atoms with Crippen LogP contribution in [0.15, 0.2) is 23.0 Å². The summed E-state index contributed by atoms with van der Waals surface area (Å²) in [5.74, 6) is -0.324. The lowest BCUT2D eigenvalue weighted by atomic mass is 10.0. The van der Waals surface area contributed by atoms with E-state index >= 15 is 0 Å². The van der Waals surface area contributed by atoms with E-state index in [-0.39, 0.29) is 30.9 Å². The van der Waals surface area contributed by atoms with Crippen molar-refractivity contribution >= 4 is 32.8 Å². The normalized spacial score (nSPS) is 16.8. The molecule has 1 aliphatic rings. The molecular formula is C23H31N3O6S. The van der Waals surface area contributed by atoms with Crippen molar-refractivity contribution in [3.05, 3.63) is 39.9 Å². The minimum atomic E-state index is -3.37. The van der Waals surface area contributed by atoms with Gasteiger partial charge in [-0.25, -0.2) is 4.98 Å². The van der Waals surface area contributed by atoms with Crippen molar-refractivity contribution < 1.29 is 22.2 Å². The number of piperidine rings is 1. The number of imide groups is 1. The molecule has 1 saturated heterocycles. The molecule has 1 aromatic carbocycles. The Hall–Kier alpha value is -2.59. The number of nitrogens with one attached hydrogen (secondary N) is 1. The standard InChI is InChI=1S/C23H31N3O6S/c1-16-24-18-12-9-11-17(10-7-5-3-4-6-8-15-32-33(2,30)31)21(18)23(29)26(16)19-13-14-20(27)25-22(19)28/h9,11-12,19H,3-8,10,13-15H2,1-2H3,(H,25,27,28). The second-order valence-corrected chi connectivity index (χ2v) is 10.2. The number of unbranched alkanes of at least 4 members (excludes halogenated alkanes) is 5. The van der Waals surface area contributed by atoms with Gasteiger partial charge in [-0.2, -0.15) is 8.42 Å². The molecule has 180 valence electrons. The molecule has 0 bridgehead atoms. The van der Waals surface area contributed by atoms with Gasteiger partial charge in [0.25, 0.3) is 15.7 Å². The molecule has 1 unspecified atom stereocenters. The summed E-state index contributed by atoms with van der Waals surface area (Å²) >= 11 is 0. The van der Waals surface area contributed by atoms with Crippen molar-refractivity contribution in [3.63, 3.8) is 0 Å². The molecule has 33 heavy (non-hydrogen) atoms. The minimum absolute atomic E-state index is 0.197. The number of fused-ring (bicyclic) bond motifs is 1. The Labute approximate surface area is 193 Å². The molecule has 9 nitrogen and oxygen atoms in total. The Morgan fingerprint density at radius 2 is 1.79 bits per heavy atom. The number of rotatable bonds is 11. The SMILES string of the molecule is Cc1nc2cccc(CCCCCCCCOS(C)(=O)=O)c2c(=O)n1C1CCC(=O)NC1=O. The monoisotopic (exact) mass is 477 g/mol. The first-order valence-electron chi connectivity index (χ1n) is 11.4. The zero-order valence-corrected chi connectivity index (χ0v) is 19.9. The first-order chi connectivity index (χ1) is 15.7. The summed E-state index contributed by atoms with van der Waals surface area (Å²) in [7, 11) is -3.37. The Balaban J connectivity index is 1.62.